The summed E-state index contributed by atoms with van der Waals surface area (Å²) in [5, 5.41) is 0. The first-order valence-corrected chi connectivity index (χ1v) is 3.44. The standard InChI is InChI=1S/C3H8O2SSi/c4-3(5-7)1-2-6/h6H,1-2H2,7H3. The lowest BCUT2D eigenvalue weighted by atomic mass is 10.5. The molecule has 0 aliphatic carbocycles. The van der Waals surface area contributed by atoms with Gasteiger partial charge in [-0.25, -0.2) is 0 Å². The average molecular weight is 136 g/mol. The van der Waals surface area contributed by atoms with E-state index in [0.717, 1.165) is 0 Å². The Kier molecular flexibility index (Phi) is 4.22. The number of rotatable bonds is 2. The molecule has 0 fully saturated rings. The fraction of sp³-hybridized carbons (Fsp3) is 0.667. The molecule has 0 amide bonds. The minimum atomic E-state index is -0.137. The Labute approximate surface area is 51.2 Å². The van der Waals surface area contributed by atoms with E-state index in [0.29, 0.717) is 22.7 Å². The second-order valence-electron chi connectivity index (χ2n) is 1.05. The SMILES string of the molecule is O=C(CCS)O[SiH3]. The monoisotopic (exact) mass is 136 g/mol. The van der Waals surface area contributed by atoms with Gasteiger partial charge in [0.25, 0.3) is 5.97 Å². The predicted octanol–water partition coefficient (Wildman–Crippen LogP) is -0.870. The third kappa shape index (κ3) is 3.88. The van der Waals surface area contributed by atoms with Crippen molar-refractivity contribution in [3.05, 3.63) is 0 Å². The lowest BCUT2D eigenvalue weighted by molar-refractivity contribution is -0.133. The molecular formula is C3H8O2SSi. The summed E-state index contributed by atoms with van der Waals surface area (Å²) in [6, 6.07) is 0. The Bertz CT molecular complexity index is 66.0. The molecule has 0 N–H and O–H groups in total. The van der Waals surface area contributed by atoms with Crippen LogP contribution < -0.4 is 0 Å². The van der Waals surface area contributed by atoms with Gasteiger partial charge >= 0.3 is 0 Å². The minimum Gasteiger partial charge on any atom is -0.529 e. The van der Waals surface area contributed by atoms with Gasteiger partial charge in [-0.3, -0.25) is 4.79 Å². The minimum absolute atomic E-state index is 0.137. The average Bonchev–Trinajstić information content (AvgIpc) is 1.68. The second kappa shape index (κ2) is 4.20. The molecule has 0 aliphatic heterocycles. The van der Waals surface area contributed by atoms with Crippen molar-refractivity contribution < 1.29 is 9.22 Å². The molecule has 0 aromatic rings. The summed E-state index contributed by atoms with van der Waals surface area (Å²) < 4.78 is 4.44. The van der Waals surface area contributed by atoms with Gasteiger partial charge in [-0.15, -0.1) is 0 Å². The van der Waals surface area contributed by atoms with E-state index in [4.69, 9.17) is 0 Å². The van der Waals surface area contributed by atoms with Gasteiger partial charge in [0.15, 0.2) is 0 Å². The highest BCUT2D eigenvalue weighted by Crippen LogP contribution is 1.84. The van der Waals surface area contributed by atoms with Crippen molar-refractivity contribution in [3.8, 4) is 0 Å². The zero-order valence-electron chi connectivity index (χ0n) is 4.18. The van der Waals surface area contributed by atoms with Crippen LogP contribution in [0, 0.1) is 0 Å². The maximum Gasteiger partial charge on any atom is 0.292 e. The van der Waals surface area contributed by atoms with E-state index in [1.165, 1.54) is 0 Å². The summed E-state index contributed by atoms with van der Waals surface area (Å²) >= 11 is 3.83. The molecule has 0 heterocycles. The van der Waals surface area contributed by atoms with Gasteiger partial charge in [-0.2, -0.15) is 12.6 Å². The van der Waals surface area contributed by atoms with Crippen LogP contribution in [0.15, 0.2) is 0 Å². The van der Waals surface area contributed by atoms with Crippen LogP contribution in [0.4, 0.5) is 0 Å². The van der Waals surface area contributed by atoms with Crippen LogP contribution in [0.1, 0.15) is 6.42 Å². The molecule has 0 atom stereocenters. The number of hydrogen-bond acceptors (Lipinski definition) is 3. The van der Waals surface area contributed by atoms with Crippen molar-refractivity contribution >= 4 is 29.1 Å². The number of carbonyl (C=O) groups is 1. The van der Waals surface area contributed by atoms with Gasteiger partial charge in [0.2, 0.25) is 10.5 Å². The molecule has 0 bridgehead atoms. The first-order valence-electron chi connectivity index (χ1n) is 1.99. The Balaban J connectivity index is 3.00. The normalized spacial score (nSPS) is 8.71. The molecule has 0 unspecified atom stereocenters. The smallest absolute Gasteiger partial charge is 0.292 e. The Morgan fingerprint density at radius 2 is 2.43 bits per heavy atom. The maximum atomic E-state index is 10.2. The number of carbonyl (C=O) groups excluding carboxylic acids is 1. The van der Waals surface area contributed by atoms with Crippen LogP contribution in [0.25, 0.3) is 0 Å². The second-order valence-corrected chi connectivity index (χ2v) is 1.91. The highest BCUT2D eigenvalue weighted by Gasteiger charge is 1.92. The van der Waals surface area contributed by atoms with E-state index >= 15 is 0 Å². The molecular weight excluding hydrogens is 128 g/mol. The van der Waals surface area contributed by atoms with Crippen LogP contribution >= 0.6 is 12.6 Å². The van der Waals surface area contributed by atoms with Gasteiger partial charge in [-0.05, 0) is 0 Å². The maximum absolute atomic E-state index is 10.2. The van der Waals surface area contributed by atoms with Gasteiger partial charge < -0.3 is 4.43 Å². The Hall–Kier alpha value is 0.0369. The summed E-state index contributed by atoms with van der Waals surface area (Å²) in [6.07, 6.45) is 0.437. The quantitative estimate of drug-likeness (QED) is 0.394. The molecule has 2 nitrogen and oxygen atoms in total. The fourth-order valence-corrected chi connectivity index (χ4v) is 0.580. The lowest BCUT2D eigenvalue weighted by Crippen LogP contribution is -2.00. The number of thiol groups is 1. The molecule has 0 aromatic heterocycles. The lowest BCUT2D eigenvalue weighted by Gasteiger charge is -1.92. The van der Waals surface area contributed by atoms with Crippen molar-refractivity contribution in [2.24, 2.45) is 0 Å². The third-order valence-corrected chi connectivity index (χ3v) is 1.22. The molecule has 7 heavy (non-hydrogen) atoms. The van der Waals surface area contributed by atoms with Gasteiger partial charge in [0.05, 0.1) is 6.42 Å². The van der Waals surface area contributed by atoms with Crippen LogP contribution in [0.2, 0.25) is 0 Å². The zero-order valence-corrected chi connectivity index (χ0v) is 7.07. The van der Waals surface area contributed by atoms with E-state index in [2.05, 4.69) is 17.1 Å². The summed E-state index contributed by atoms with van der Waals surface area (Å²) in [4.78, 5) is 10.2. The van der Waals surface area contributed by atoms with Crippen LogP contribution in [0.5, 0.6) is 0 Å². The first kappa shape index (κ1) is 7.04. The third-order valence-electron chi connectivity index (χ3n) is 0.544. The van der Waals surface area contributed by atoms with Crippen molar-refractivity contribution in [2.45, 2.75) is 6.42 Å². The van der Waals surface area contributed by atoms with E-state index in [1.54, 1.807) is 0 Å². The van der Waals surface area contributed by atoms with Crippen molar-refractivity contribution in [1.82, 2.24) is 0 Å². The van der Waals surface area contributed by atoms with E-state index in [-0.39, 0.29) is 5.97 Å². The summed E-state index contributed by atoms with van der Waals surface area (Å²) in [5.74, 6) is 0.447. The van der Waals surface area contributed by atoms with Gasteiger partial charge in [0, 0.05) is 5.75 Å². The zero-order chi connectivity index (χ0) is 5.70. The molecule has 42 valence electrons. The van der Waals surface area contributed by atoms with Crippen molar-refractivity contribution in [3.63, 3.8) is 0 Å². The topological polar surface area (TPSA) is 26.3 Å². The summed E-state index contributed by atoms with van der Waals surface area (Å²) in [5.41, 5.74) is 0. The molecule has 0 saturated carbocycles. The highest BCUT2D eigenvalue weighted by molar-refractivity contribution is 7.80. The van der Waals surface area contributed by atoms with Crippen LogP contribution in [-0.2, 0) is 9.22 Å². The number of hydrogen-bond donors (Lipinski definition) is 1. The fourth-order valence-electron chi connectivity index (χ4n) is 0.193. The van der Waals surface area contributed by atoms with Crippen molar-refractivity contribution in [1.29, 1.82) is 0 Å². The molecule has 0 saturated heterocycles. The van der Waals surface area contributed by atoms with Crippen molar-refractivity contribution in [2.75, 3.05) is 5.75 Å². The molecule has 4 heteroatoms. The molecule has 0 aromatic carbocycles. The molecule has 0 rings (SSSR count). The molecule has 0 radical (unpaired) electrons. The predicted molar refractivity (Wildman–Crippen MR) is 34.5 cm³/mol. The van der Waals surface area contributed by atoms with E-state index in [1.807, 2.05) is 0 Å². The van der Waals surface area contributed by atoms with Crippen LogP contribution in [0.3, 0.4) is 0 Å². The molecule has 0 spiro atoms. The first-order chi connectivity index (χ1) is 3.31. The van der Waals surface area contributed by atoms with Gasteiger partial charge in [0.1, 0.15) is 0 Å². The van der Waals surface area contributed by atoms with Crippen LogP contribution in [-0.4, -0.2) is 22.2 Å². The Morgan fingerprint density at radius 3 is 2.57 bits per heavy atom. The van der Waals surface area contributed by atoms with E-state index < -0.39 is 0 Å². The summed E-state index contributed by atoms with van der Waals surface area (Å²) in [7, 11) is 0.504. The molecule has 0 aliphatic rings. The van der Waals surface area contributed by atoms with Gasteiger partial charge in [-0.1, -0.05) is 0 Å². The highest BCUT2D eigenvalue weighted by atomic mass is 32.1. The summed E-state index contributed by atoms with van der Waals surface area (Å²) in [6.45, 7) is 0. The van der Waals surface area contributed by atoms with E-state index in [9.17, 15) is 4.79 Å². The Morgan fingerprint density at radius 1 is 1.86 bits per heavy atom. The largest absolute Gasteiger partial charge is 0.529 e.